The second kappa shape index (κ2) is 5.64. The van der Waals surface area contributed by atoms with Crippen molar-refractivity contribution < 1.29 is 14.4 Å². The van der Waals surface area contributed by atoms with Crippen LogP contribution in [0.4, 0.5) is 4.79 Å². The molecule has 0 spiro atoms. The van der Waals surface area contributed by atoms with Gasteiger partial charge in [-0.2, -0.15) is 5.10 Å². The smallest absolute Gasteiger partial charge is 0.313 e. The van der Waals surface area contributed by atoms with Gasteiger partial charge in [0.05, 0.1) is 6.54 Å². The number of ketones is 1. The number of Topliss-reactive ketones (excluding diaryl/α,β-unsaturated/α-hetero) is 1. The maximum absolute atomic E-state index is 12.9. The summed E-state index contributed by atoms with van der Waals surface area (Å²) in [6.45, 7) is 1.53. The SMILES string of the molecule is CN1C(=O)N(CC(=O)c2cc[nH]n2)C(=O)C1(C)C1CC=CCC1. The first-order valence-electron chi connectivity index (χ1n) is 7.74. The van der Waals surface area contributed by atoms with E-state index in [0.29, 0.717) is 0 Å². The molecule has 2 unspecified atom stereocenters. The van der Waals surface area contributed by atoms with Gasteiger partial charge in [-0.1, -0.05) is 12.2 Å². The molecule has 0 radical (unpaired) electrons. The second-order valence-electron chi connectivity index (χ2n) is 6.24. The molecule has 1 aliphatic carbocycles. The van der Waals surface area contributed by atoms with Crippen LogP contribution in [-0.2, 0) is 4.79 Å². The van der Waals surface area contributed by atoms with Gasteiger partial charge in [-0.25, -0.2) is 4.79 Å². The number of carbonyl (C=O) groups is 3. The van der Waals surface area contributed by atoms with E-state index in [-0.39, 0.29) is 29.8 Å². The van der Waals surface area contributed by atoms with Gasteiger partial charge in [0.25, 0.3) is 5.91 Å². The molecule has 2 heterocycles. The number of nitrogens with one attached hydrogen (secondary N) is 1. The molecule has 3 amide bonds. The Balaban J connectivity index is 1.83. The van der Waals surface area contributed by atoms with Gasteiger partial charge in [-0.3, -0.25) is 19.6 Å². The van der Waals surface area contributed by atoms with Gasteiger partial charge in [0.15, 0.2) is 0 Å². The van der Waals surface area contributed by atoms with Gasteiger partial charge >= 0.3 is 6.03 Å². The number of hydrogen-bond acceptors (Lipinski definition) is 4. The lowest BCUT2D eigenvalue weighted by Crippen LogP contribution is -2.51. The van der Waals surface area contributed by atoms with E-state index in [0.717, 1.165) is 24.2 Å². The highest BCUT2D eigenvalue weighted by Gasteiger charge is 2.56. The maximum atomic E-state index is 12.9. The average Bonchev–Trinajstić information content (AvgIpc) is 3.16. The first-order chi connectivity index (χ1) is 11.0. The predicted octanol–water partition coefficient (Wildman–Crippen LogP) is 1.60. The first kappa shape index (κ1) is 15.5. The molecular formula is C16H20N4O3. The molecule has 1 aromatic rings. The summed E-state index contributed by atoms with van der Waals surface area (Å²) >= 11 is 0. The largest absolute Gasteiger partial charge is 0.327 e. The number of H-pyrrole nitrogens is 1. The van der Waals surface area contributed by atoms with E-state index < -0.39 is 11.6 Å². The van der Waals surface area contributed by atoms with Crippen molar-refractivity contribution in [1.82, 2.24) is 20.0 Å². The number of allylic oxidation sites excluding steroid dienone is 2. The average molecular weight is 316 g/mol. The van der Waals surface area contributed by atoms with E-state index in [2.05, 4.69) is 22.3 Å². The van der Waals surface area contributed by atoms with Gasteiger partial charge < -0.3 is 4.90 Å². The van der Waals surface area contributed by atoms with Crippen molar-refractivity contribution in [2.75, 3.05) is 13.6 Å². The number of amides is 3. The fourth-order valence-electron chi connectivity index (χ4n) is 3.42. The van der Waals surface area contributed by atoms with Crippen LogP contribution in [0.3, 0.4) is 0 Å². The Morgan fingerprint density at radius 2 is 2.22 bits per heavy atom. The zero-order valence-corrected chi connectivity index (χ0v) is 13.3. The summed E-state index contributed by atoms with van der Waals surface area (Å²) in [6, 6.07) is 1.11. The van der Waals surface area contributed by atoms with Gasteiger partial charge in [0, 0.05) is 13.2 Å². The van der Waals surface area contributed by atoms with Crippen LogP contribution in [-0.4, -0.2) is 56.9 Å². The summed E-state index contributed by atoms with van der Waals surface area (Å²) in [7, 11) is 1.64. The molecule has 7 heteroatoms. The lowest BCUT2D eigenvalue weighted by atomic mass is 9.77. The van der Waals surface area contributed by atoms with Crippen molar-refractivity contribution in [3.05, 3.63) is 30.1 Å². The third-order valence-electron chi connectivity index (χ3n) is 5.04. The minimum absolute atomic E-state index is 0.0689. The van der Waals surface area contributed by atoms with E-state index in [1.54, 1.807) is 14.0 Å². The van der Waals surface area contributed by atoms with Crippen LogP contribution in [0, 0.1) is 5.92 Å². The highest BCUT2D eigenvalue weighted by atomic mass is 16.2. The number of aromatic amines is 1. The van der Waals surface area contributed by atoms with Crippen molar-refractivity contribution in [2.24, 2.45) is 5.92 Å². The van der Waals surface area contributed by atoms with E-state index in [1.807, 2.05) is 0 Å². The van der Waals surface area contributed by atoms with Crippen LogP contribution in [0.15, 0.2) is 24.4 Å². The molecule has 1 saturated heterocycles. The van der Waals surface area contributed by atoms with Gasteiger partial charge in [-0.05, 0) is 38.2 Å². The molecule has 0 saturated carbocycles. The summed E-state index contributed by atoms with van der Waals surface area (Å²) in [5.74, 6) is -0.581. The topological polar surface area (TPSA) is 86.4 Å². The Hall–Kier alpha value is -2.44. The monoisotopic (exact) mass is 316 g/mol. The Morgan fingerprint density at radius 1 is 1.43 bits per heavy atom. The van der Waals surface area contributed by atoms with Crippen LogP contribution in [0.25, 0.3) is 0 Å². The number of likely N-dealkylation sites (N-methyl/N-ethyl adjacent to an activating group) is 1. The minimum atomic E-state index is -0.895. The first-order valence-corrected chi connectivity index (χ1v) is 7.74. The Labute approximate surface area is 134 Å². The highest BCUT2D eigenvalue weighted by Crippen LogP contribution is 2.39. The zero-order valence-electron chi connectivity index (χ0n) is 13.3. The van der Waals surface area contributed by atoms with Crippen molar-refractivity contribution in [1.29, 1.82) is 0 Å². The van der Waals surface area contributed by atoms with Crippen LogP contribution in [0.2, 0.25) is 0 Å². The van der Waals surface area contributed by atoms with Crippen LogP contribution >= 0.6 is 0 Å². The normalized spacial score (nSPS) is 27.8. The van der Waals surface area contributed by atoms with Crippen LogP contribution < -0.4 is 0 Å². The Bertz CT molecular complexity index is 667. The molecule has 0 bridgehead atoms. The quantitative estimate of drug-likeness (QED) is 0.519. The van der Waals surface area contributed by atoms with E-state index >= 15 is 0 Å². The molecule has 0 aromatic carbocycles. The van der Waals surface area contributed by atoms with Crippen LogP contribution in [0.5, 0.6) is 0 Å². The lowest BCUT2D eigenvalue weighted by molar-refractivity contribution is -0.134. The summed E-state index contributed by atoms with van der Waals surface area (Å²) in [5, 5.41) is 6.36. The molecule has 3 rings (SSSR count). The second-order valence-corrected chi connectivity index (χ2v) is 6.24. The van der Waals surface area contributed by atoms with Gasteiger partial charge in [-0.15, -0.1) is 0 Å². The fraction of sp³-hybridized carbons (Fsp3) is 0.500. The Kier molecular flexibility index (Phi) is 3.79. The number of aromatic nitrogens is 2. The number of carbonyl (C=O) groups excluding carboxylic acids is 3. The third-order valence-corrected chi connectivity index (χ3v) is 5.04. The molecular weight excluding hydrogens is 296 g/mol. The molecule has 2 aliphatic rings. The Morgan fingerprint density at radius 3 is 2.83 bits per heavy atom. The van der Waals surface area contributed by atoms with Crippen molar-refractivity contribution in [3.8, 4) is 0 Å². The highest BCUT2D eigenvalue weighted by molar-refractivity contribution is 6.10. The number of rotatable bonds is 4. The fourth-order valence-corrected chi connectivity index (χ4v) is 3.42. The summed E-state index contributed by atoms with van der Waals surface area (Å²) in [4.78, 5) is 40.1. The van der Waals surface area contributed by atoms with E-state index in [1.165, 1.54) is 17.2 Å². The molecule has 1 fully saturated rings. The van der Waals surface area contributed by atoms with Gasteiger partial charge in [0.2, 0.25) is 5.78 Å². The number of urea groups is 1. The minimum Gasteiger partial charge on any atom is -0.313 e. The van der Waals surface area contributed by atoms with Crippen LogP contribution in [0.1, 0.15) is 36.7 Å². The standard InChI is InChI=1S/C16H20N4O3/c1-16(11-6-4-3-5-7-11)14(22)20(15(23)19(16)2)10-13(21)12-8-9-17-18-12/h3-4,8-9,11H,5-7,10H2,1-2H3,(H,17,18). The number of hydrogen-bond donors (Lipinski definition) is 1. The molecule has 1 aliphatic heterocycles. The summed E-state index contributed by atoms with van der Waals surface area (Å²) < 4.78 is 0. The van der Waals surface area contributed by atoms with E-state index in [9.17, 15) is 14.4 Å². The molecule has 7 nitrogen and oxygen atoms in total. The van der Waals surface area contributed by atoms with Gasteiger partial charge in [0.1, 0.15) is 11.2 Å². The third kappa shape index (κ3) is 2.36. The van der Waals surface area contributed by atoms with Crippen molar-refractivity contribution in [2.45, 2.75) is 31.7 Å². The molecule has 1 N–H and O–H groups in total. The predicted molar refractivity (Wildman–Crippen MR) is 82.7 cm³/mol. The summed E-state index contributed by atoms with van der Waals surface area (Å²) in [5.41, 5.74) is -0.671. The summed E-state index contributed by atoms with van der Waals surface area (Å²) in [6.07, 6.45) is 8.22. The zero-order chi connectivity index (χ0) is 16.6. The molecule has 2 atom stereocenters. The van der Waals surface area contributed by atoms with Crippen molar-refractivity contribution in [3.63, 3.8) is 0 Å². The number of imide groups is 1. The maximum Gasteiger partial charge on any atom is 0.327 e. The van der Waals surface area contributed by atoms with E-state index in [4.69, 9.17) is 0 Å². The number of nitrogens with zero attached hydrogens (tertiary/aromatic N) is 3. The molecule has 1 aromatic heterocycles. The van der Waals surface area contributed by atoms with Crippen molar-refractivity contribution >= 4 is 17.7 Å². The molecule has 122 valence electrons. The lowest BCUT2D eigenvalue weighted by Gasteiger charge is -2.37. The molecule has 23 heavy (non-hydrogen) atoms.